The predicted octanol–water partition coefficient (Wildman–Crippen LogP) is 1.96. The lowest BCUT2D eigenvalue weighted by Crippen LogP contribution is -2.33. The molecule has 2 fully saturated rings. The van der Waals surface area contributed by atoms with E-state index in [2.05, 4.69) is 4.74 Å². The van der Waals surface area contributed by atoms with Gasteiger partial charge in [-0.25, -0.2) is 4.79 Å². The SMILES string of the molecule is O=C1N(c2ccc(OC(F)(F)F)cc2)CC2CC(O)CN12. The molecule has 3 rings (SSSR count). The number of hydrogen-bond donors (Lipinski definition) is 1. The molecular weight excluding hydrogens is 289 g/mol. The van der Waals surface area contributed by atoms with E-state index in [1.807, 2.05) is 0 Å². The molecule has 0 spiro atoms. The Hall–Kier alpha value is -1.96. The number of halogens is 3. The number of alkyl halides is 3. The highest BCUT2D eigenvalue weighted by atomic mass is 19.4. The number of anilines is 1. The summed E-state index contributed by atoms with van der Waals surface area (Å²) in [6, 6.07) is 4.90. The van der Waals surface area contributed by atoms with E-state index < -0.39 is 12.5 Å². The van der Waals surface area contributed by atoms with Crippen molar-refractivity contribution in [2.24, 2.45) is 0 Å². The number of aliphatic hydroxyl groups is 1. The summed E-state index contributed by atoms with van der Waals surface area (Å²) in [5.41, 5.74) is 0.512. The number of rotatable bonds is 2. The number of urea groups is 1. The zero-order chi connectivity index (χ0) is 15.2. The molecule has 1 aromatic carbocycles. The molecule has 0 saturated carbocycles. The summed E-state index contributed by atoms with van der Waals surface area (Å²) in [6.45, 7) is 0.727. The summed E-state index contributed by atoms with van der Waals surface area (Å²) in [5, 5.41) is 9.52. The molecule has 0 aliphatic carbocycles. The van der Waals surface area contributed by atoms with Crippen LogP contribution >= 0.6 is 0 Å². The van der Waals surface area contributed by atoms with Crippen LogP contribution in [-0.4, -0.2) is 47.6 Å². The number of aliphatic hydroxyl groups excluding tert-OH is 1. The highest BCUT2D eigenvalue weighted by Crippen LogP contribution is 2.32. The van der Waals surface area contributed by atoms with Crippen molar-refractivity contribution in [3.05, 3.63) is 24.3 Å². The van der Waals surface area contributed by atoms with Crippen molar-refractivity contribution in [1.29, 1.82) is 0 Å². The summed E-state index contributed by atoms with van der Waals surface area (Å²) in [4.78, 5) is 15.3. The zero-order valence-electron chi connectivity index (χ0n) is 10.9. The maximum atomic E-state index is 12.2. The van der Waals surface area contributed by atoms with Gasteiger partial charge in [-0.05, 0) is 30.7 Å². The first kappa shape index (κ1) is 14.0. The summed E-state index contributed by atoms with van der Waals surface area (Å²) in [7, 11) is 0. The maximum Gasteiger partial charge on any atom is 0.573 e. The second-order valence-corrected chi connectivity index (χ2v) is 5.13. The Morgan fingerprint density at radius 1 is 1.19 bits per heavy atom. The van der Waals surface area contributed by atoms with E-state index in [1.165, 1.54) is 29.2 Å². The normalized spacial score (nSPS) is 25.4. The fraction of sp³-hybridized carbons (Fsp3) is 0.462. The predicted molar refractivity (Wildman–Crippen MR) is 67.0 cm³/mol. The number of amides is 2. The molecule has 2 saturated heterocycles. The molecule has 2 aliphatic rings. The first-order valence-electron chi connectivity index (χ1n) is 6.45. The Morgan fingerprint density at radius 2 is 1.86 bits per heavy atom. The van der Waals surface area contributed by atoms with Gasteiger partial charge in [-0.1, -0.05) is 0 Å². The van der Waals surface area contributed by atoms with E-state index >= 15 is 0 Å². The molecular formula is C13H13F3N2O3. The lowest BCUT2D eigenvalue weighted by molar-refractivity contribution is -0.274. The number of fused-ring (bicyclic) bond motifs is 1. The Balaban J connectivity index is 1.72. The average molecular weight is 302 g/mol. The molecule has 21 heavy (non-hydrogen) atoms. The largest absolute Gasteiger partial charge is 0.573 e. The van der Waals surface area contributed by atoms with Crippen molar-refractivity contribution in [3.63, 3.8) is 0 Å². The van der Waals surface area contributed by atoms with Crippen LogP contribution < -0.4 is 9.64 Å². The molecule has 0 bridgehead atoms. The molecule has 2 aliphatic heterocycles. The highest BCUT2D eigenvalue weighted by molar-refractivity contribution is 5.95. The number of nitrogens with zero attached hydrogens (tertiary/aromatic N) is 2. The minimum Gasteiger partial charge on any atom is -0.406 e. The number of carbonyl (C=O) groups excluding carboxylic acids is 1. The fourth-order valence-corrected chi connectivity index (χ4v) is 2.79. The van der Waals surface area contributed by atoms with Gasteiger partial charge in [0.2, 0.25) is 0 Å². The third kappa shape index (κ3) is 2.76. The number of carbonyl (C=O) groups is 1. The van der Waals surface area contributed by atoms with Gasteiger partial charge in [-0.2, -0.15) is 0 Å². The smallest absolute Gasteiger partial charge is 0.406 e. The molecule has 2 unspecified atom stereocenters. The van der Waals surface area contributed by atoms with Crippen molar-refractivity contribution in [3.8, 4) is 5.75 Å². The first-order valence-corrected chi connectivity index (χ1v) is 6.45. The Morgan fingerprint density at radius 3 is 2.43 bits per heavy atom. The molecule has 114 valence electrons. The van der Waals surface area contributed by atoms with Crippen LogP contribution in [0.2, 0.25) is 0 Å². The third-order valence-corrected chi connectivity index (χ3v) is 3.64. The summed E-state index contributed by atoms with van der Waals surface area (Å²) < 4.78 is 40.0. The van der Waals surface area contributed by atoms with Gasteiger partial charge in [0.05, 0.1) is 12.1 Å². The minimum absolute atomic E-state index is 0.0430. The molecule has 8 heteroatoms. The topological polar surface area (TPSA) is 53.0 Å². The van der Waals surface area contributed by atoms with E-state index in [9.17, 15) is 23.1 Å². The minimum atomic E-state index is -4.73. The van der Waals surface area contributed by atoms with Gasteiger partial charge in [0.25, 0.3) is 0 Å². The quantitative estimate of drug-likeness (QED) is 0.908. The van der Waals surface area contributed by atoms with E-state index in [-0.39, 0.29) is 17.8 Å². The van der Waals surface area contributed by atoms with Crippen LogP contribution in [0.5, 0.6) is 5.75 Å². The lowest BCUT2D eigenvalue weighted by atomic mass is 10.2. The van der Waals surface area contributed by atoms with Gasteiger partial charge in [0, 0.05) is 18.8 Å². The van der Waals surface area contributed by atoms with Gasteiger partial charge in [0.15, 0.2) is 0 Å². The van der Waals surface area contributed by atoms with Gasteiger partial charge < -0.3 is 14.7 Å². The van der Waals surface area contributed by atoms with Crippen molar-refractivity contribution in [1.82, 2.24) is 4.90 Å². The number of hydrogen-bond acceptors (Lipinski definition) is 3. The van der Waals surface area contributed by atoms with E-state index in [0.29, 0.717) is 25.2 Å². The van der Waals surface area contributed by atoms with Crippen LogP contribution in [0.4, 0.5) is 23.7 Å². The van der Waals surface area contributed by atoms with Crippen LogP contribution in [-0.2, 0) is 0 Å². The summed E-state index contributed by atoms with van der Waals surface area (Å²) in [6.07, 6.45) is -4.70. The van der Waals surface area contributed by atoms with Gasteiger partial charge in [-0.15, -0.1) is 13.2 Å². The molecule has 1 N–H and O–H groups in total. The Bertz CT molecular complexity index is 547. The van der Waals surface area contributed by atoms with Gasteiger partial charge in [0.1, 0.15) is 5.75 Å². The molecule has 0 aromatic heterocycles. The Kier molecular flexibility index (Phi) is 3.20. The van der Waals surface area contributed by atoms with Crippen molar-refractivity contribution >= 4 is 11.7 Å². The number of ether oxygens (including phenoxy) is 1. The van der Waals surface area contributed by atoms with E-state index in [0.717, 1.165) is 0 Å². The van der Waals surface area contributed by atoms with Crippen LogP contribution in [0.1, 0.15) is 6.42 Å². The Labute approximate surface area is 118 Å². The first-order chi connectivity index (χ1) is 9.83. The summed E-state index contributed by atoms with van der Waals surface area (Å²) in [5.74, 6) is -0.325. The number of benzene rings is 1. The molecule has 2 amide bonds. The van der Waals surface area contributed by atoms with Crippen LogP contribution in [0, 0.1) is 0 Å². The van der Waals surface area contributed by atoms with Crippen molar-refractivity contribution < 1.29 is 27.8 Å². The lowest BCUT2D eigenvalue weighted by Gasteiger charge is -2.18. The van der Waals surface area contributed by atoms with E-state index in [4.69, 9.17) is 0 Å². The molecule has 0 radical (unpaired) electrons. The maximum absolute atomic E-state index is 12.2. The monoisotopic (exact) mass is 302 g/mol. The van der Waals surface area contributed by atoms with Crippen LogP contribution in [0.3, 0.4) is 0 Å². The second kappa shape index (κ2) is 4.80. The van der Waals surface area contributed by atoms with Crippen molar-refractivity contribution in [2.75, 3.05) is 18.0 Å². The van der Waals surface area contributed by atoms with Crippen molar-refractivity contribution in [2.45, 2.75) is 24.9 Å². The molecule has 1 aromatic rings. The molecule has 2 atom stereocenters. The highest BCUT2D eigenvalue weighted by Gasteiger charge is 2.44. The van der Waals surface area contributed by atoms with Gasteiger partial charge in [-0.3, -0.25) is 4.90 Å². The summed E-state index contributed by atoms with van der Waals surface area (Å²) >= 11 is 0. The zero-order valence-corrected chi connectivity index (χ0v) is 10.9. The van der Waals surface area contributed by atoms with Gasteiger partial charge >= 0.3 is 12.4 Å². The average Bonchev–Trinajstić information content (AvgIpc) is 2.87. The molecule has 5 nitrogen and oxygen atoms in total. The second-order valence-electron chi connectivity index (χ2n) is 5.13. The van der Waals surface area contributed by atoms with Crippen LogP contribution in [0.25, 0.3) is 0 Å². The fourth-order valence-electron chi connectivity index (χ4n) is 2.79. The standard InChI is InChI=1S/C13H13F3N2O3/c14-13(15,16)21-11-3-1-8(2-4-11)17-6-9-5-10(19)7-18(9)12(17)20/h1-4,9-10,19H,5-7H2. The van der Waals surface area contributed by atoms with E-state index in [1.54, 1.807) is 4.90 Å². The van der Waals surface area contributed by atoms with Crippen LogP contribution in [0.15, 0.2) is 24.3 Å². The molecule has 2 heterocycles. The third-order valence-electron chi connectivity index (χ3n) is 3.64.